The van der Waals surface area contributed by atoms with Crippen LogP contribution in [0.3, 0.4) is 0 Å². The maximum atomic E-state index is 13.5. The molecule has 0 amide bonds. The molecule has 0 bridgehead atoms. The normalized spacial score (nSPS) is 25.6. The molecule has 0 aromatic heterocycles. The number of nitrogens with zero attached hydrogens (tertiary/aromatic N) is 3. The van der Waals surface area contributed by atoms with E-state index in [1.807, 2.05) is 44.2 Å². The van der Waals surface area contributed by atoms with Gasteiger partial charge in [-0.15, -0.1) is 0 Å². The third-order valence-corrected chi connectivity index (χ3v) is 9.35. The van der Waals surface area contributed by atoms with Crippen molar-refractivity contribution in [3.8, 4) is 0 Å². The highest BCUT2D eigenvalue weighted by atomic mass is 32.2. The molecular weight excluding hydrogens is 422 g/mol. The molecule has 2 fully saturated rings. The Bertz CT molecular complexity index is 1020. The molecule has 2 heterocycles. The molecule has 2 saturated heterocycles. The molecule has 1 N–H and O–H groups in total. The number of aliphatic hydroxyl groups excluding tert-OH is 1. The summed E-state index contributed by atoms with van der Waals surface area (Å²) in [6.07, 6.45) is 1.12. The number of sulfonamides is 1. The molecule has 4 rings (SSSR count). The van der Waals surface area contributed by atoms with Gasteiger partial charge in [0.2, 0.25) is 10.0 Å². The van der Waals surface area contributed by atoms with Gasteiger partial charge in [-0.1, -0.05) is 42.5 Å². The molecule has 0 aliphatic carbocycles. The van der Waals surface area contributed by atoms with Crippen molar-refractivity contribution in [3.63, 3.8) is 0 Å². The molecule has 0 saturated carbocycles. The maximum Gasteiger partial charge on any atom is 0.221 e. The lowest BCUT2D eigenvalue weighted by Gasteiger charge is -2.38. The summed E-state index contributed by atoms with van der Waals surface area (Å²) in [6.45, 7) is 9.76. The van der Waals surface area contributed by atoms with E-state index in [9.17, 15) is 13.5 Å². The zero-order chi connectivity index (χ0) is 22.9. The van der Waals surface area contributed by atoms with Crippen LogP contribution in [0.5, 0.6) is 0 Å². The van der Waals surface area contributed by atoms with Gasteiger partial charge < -0.3 is 10.0 Å². The summed E-state index contributed by atoms with van der Waals surface area (Å²) >= 11 is 0. The zero-order valence-corrected chi connectivity index (χ0v) is 20.1. The Morgan fingerprint density at radius 1 is 1.03 bits per heavy atom. The largest absolute Gasteiger partial charge is 0.379 e. The minimum Gasteiger partial charge on any atom is -0.379 e. The van der Waals surface area contributed by atoms with E-state index in [4.69, 9.17) is 0 Å². The standard InChI is InChI=1S/C25H35N3O3S/c1-19-17-22(10-11-24(19)27-15-13-26(14-16-27)21(3)29)18-28-20(2)9-12-25(32(28,30)31)23-7-5-4-6-8-23/h4-8,10-11,17,20-21,25,29H,9,12-16,18H2,1-3H3/t20-,21?,25?/m0/s1. The van der Waals surface area contributed by atoms with Crippen LogP contribution in [0.25, 0.3) is 0 Å². The van der Waals surface area contributed by atoms with Gasteiger partial charge in [0.15, 0.2) is 0 Å². The highest BCUT2D eigenvalue weighted by molar-refractivity contribution is 7.89. The second-order valence-electron chi connectivity index (χ2n) is 9.19. The Hall–Kier alpha value is -1.93. The molecule has 7 heteroatoms. The molecule has 2 aromatic carbocycles. The van der Waals surface area contributed by atoms with Gasteiger partial charge in [0.05, 0.1) is 0 Å². The SMILES string of the molecule is Cc1cc(CN2[C@@H](C)CCC(c3ccccc3)S2(=O)=O)ccc1N1CCN(C(C)O)CC1. The fourth-order valence-corrected chi connectivity index (χ4v) is 7.24. The van der Waals surface area contributed by atoms with Gasteiger partial charge in [-0.2, -0.15) is 4.31 Å². The molecule has 32 heavy (non-hydrogen) atoms. The summed E-state index contributed by atoms with van der Waals surface area (Å²) in [4.78, 5) is 4.43. The molecule has 2 unspecified atom stereocenters. The van der Waals surface area contributed by atoms with Gasteiger partial charge in [0.25, 0.3) is 0 Å². The maximum absolute atomic E-state index is 13.5. The first-order chi connectivity index (χ1) is 15.3. The Kier molecular flexibility index (Phi) is 6.91. The van der Waals surface area contributed by atoms with Crippen LogP contribution in [0.4, 0.5) is 5.69 Å². The second kappa shape index (κ2) is 9.51. The summed E-state index contributed by atoms with van der Waals surface area (Å²) in [7, 11) is -3.43. The summed E-state index contributed by atoms with van der Waals surface area (Å²) in [5, 5.41) is 9.32. The Balaban J connectivity index is 1.50. The van der Waals surface area contributed by atoms with Crippen molar-refractivity contribution in [3.05, 3.63) is 65.2 Å². The second-order valence-corrected chi connectivity index (χ2v) is 11.3. The average Bonchev–Trinajstić information content (AvgIpc) is 2.77. The van der Waals surface area contributed by atoms with Crippen LogP contribution in [0.2, 0.25) is 0 Å². The summed E-state index contributed by atoms with van der Waals surface area (Å²) in [6, 6.07) is 15.9. The molecule has 3 atom stereocenters. The van der Waals surface area contributed by atoms with Crippen LogP contribution in [-0.4, -0.2) is 61.2 Å². The average molecular weight is 458 g/mol. The number of hydrogen-bond acceptors (Lipinski definition) is 5. The van der Waals surface area contributed by atoms with Crippen molar-refractivity contribution in [2.75, 3.05) is 31.1 Å². The third kappa shape index (κ3) is 4.71. The molecule has 2 aliphatic heterocycles. The van der Waals surface area contributed by atoms with Crippen molar-refractivity contribution in [1.29, 1.82) is 0 Å². The van der Waals surface area contributed by atoms with Crippen molar-refractivity contribution in [2.45, 2.75) is 57.7 Å². The molecule has 2 aromatic rings. The van der Waals surface area contributed by atoms with E-state index < -0.39 is 21.5 Å². The number of piperazine rings is 1. The van der Waals surface area contributed by atoms with E-state index >= 15 is 0 Å². The number of hydrogen-bond donors (Lipinski definition) is 1. The third-order valence-electron chi connectivity index (χ3n) is 6.98. The number of benzene rings is 2. The molecule has 174 valence electrons. The minimum absolute atomic E-state index is 0.00602. The number of aryl methyl sites for hydroxylation is 1. The van der Waals surface area contributed by atoms with Gasteiger partial charge in [-0.05, 0) is 56.4 Å². The van der Waals surface area contributed by atoms with E-state index in [0.29, 0.717) is 13.0 Å². The lowest BCUT2D eigenvalue weighted by atomic mass is 10.0. The van der Waals surface area contributed by atoms with E-state index in [-0.39, 0.29) is 6.04 Å². The number of anilines is 1. The molecule has 6 nitrogen and oxygen atoms in total. The van der Waals surface area contributed by atoms with Crippen LogP contribution in [-0.2, 0) is 16.6 Å². The predicted octanol–water partition coefficient (Wildman–Crippen LogP) is 3.51. The predicted molar refractivity (Wildman–Crippen MR) is 129 cm³/mol. The highest BCUT2D eigenvalue weighted by Gasteiger charge is 2.40. The van der Waals surface area contributed by atoms with Crippen LogP contribution in [0, 0.1) is 6.92 Å². The number of aliphatic hydroxyl groups is 1. The molecule has 2 aliphatic rings. The first-order valence-electron chi connectivity index (χ1n) is 11.6. The van der Waals surface area contributed by atoms with Gasteiger partial charge in [-0.25, -0.2) is 8.42 Å². The first-order valence-corrected chi connectivity index (χ1v) is 13.1. The highest BCUT2D eigenvalue weighted by Crippen LogP contribution is 2.38. The fraction of sp³-hybridized carbons (Fsp3) is 0.520. The fourth-order valence-electron chi connectivity index (χ4n) is 5.04. The van der Waals surface area contributed by atoms with Crippen molar-refractivity contribution in [1.82, 2.24) is 9.21 Å². The van der Waals surface area contributed by atoms with Gasteiger partial charge in [0, 0.05) is 44.5 Å². The van der Waals surface area contributed by atoms with E-state index in [1.54, 1.807) is 4.31 Å². The first kappa shape index (κ1) is 23.2. The van der Waals surface area contributed by atoms with Crippen LogP contribution >= 0.6 is 0 Å². The van der Waals surface area contributed by atoms with Gasteiger partial charge in [-0.3, -0.25) is 4.90 Å². The Morgan fingerprint density at radius 3 is 2.34 bits per heavy atom. The van der Waals surface area contributed by atoms with Crippen LogP contribution < -0.4 is 4.90 Å². The Morgan fingerprint density at radius 2 is 1.72 bits per heavy atom. The van der Waals surface area contributed by atoms with Crippen LogP contribution in [0.1, 0.15) is 48.6 Å². The molecular formula is C25H35N3O3S. The van der Waals surface area contributed by atoms with Gasteiger partial charge >= 0.3 is 0 Å². The van der Waals surface area contributed by atoms with E-state index in [1.165, 1.54) is 5.69 Å². The molecule has 0 radical (unpaired) electrons. The molecule has 0 spiro atoms. The summed E-state index contributed by atoms with van der Waals surface area (Å²) < 4.78 is 28.7. The Labute approximate surface area is 192 Å². The van der Waals surface area contributed by atoms with Crippen molar-refractivity contribution < 1.29 is 13.5 Å². The number of rotatable bonds is 5. The minimum atomic E-state index is -3.43. The van der Waals surface area contributed by atoms with E-state index in [2.05, 4.69) is 34.9 Å². The quantitative estimate of drug-likeness (QED) is 0.744. The van der Waals surface area contributed by atoms with Crippen LogP contribution in [0.15, 0.2) is 48.5 Å². The topological polar surface area (TPSA) is 64.1 Å². The monoisotopic (exact) mass is 457 g/mol. The van der Waals surface area contributed by atoms with Gasteiger partial charge in [0.1, 0.15) is 11.5 Å². The van der Waals surface area contributed by atoms with Crippen molar-refractivity contribution in [2.24, 2.45) is 0 Å². The summed E-state index contributed by atoms with van der Waals surface area (Å²) in [5.41, 5.74) is 4.26. The summed E-state index contributed by atoms with van der Waals surface area (Å²) in [5.74, 6) is 0. The zero-order valence-electron chi connectivity index (χ0n) is 19.3. The lowest BCUT2D eigenvalue weighted by molar-refractivity contribution is 0.0153. The lowest BCUT2D eigenvalue weighted by Crippen LogP contribution is -2.49. The van der Waals surface area contributed by atoms with E-state index in [0.717, 1.165) is 49.3 Å². The smallest absolute Gasteiger partial charge is 0.221 e. The van der Waals surface area contributed by atoms with Crippen molar-refractivity contribution >= 4 is 15.7 Å².